The zero-order valence-corrected chi connectivity index (χ0v) is 8.72. The number of halogens is 1. The predicted octanol–water partition coefficient (Wildman–Crippen LogP) is 3.34. The van der Waals surface area contributed by atoms with E-state index in [2.05, 4.69) is 5.16 Å². The molecule has 0 bridgehead atoms. The van der Waals surface area contributed by atoms with Crippen LogP contribution in [0, 0.1) is 5.82 Å². The SMILES string of the molecule is Oc1ccc2c(-c3ccccc3F)noc2c1. The number of fused-ring (bicyclic) bond motifs is 1. The molecule has 0 aliphatic carbocycles. The van der Waals surface area contributed by atoms with Crippen molar-refractivity contribution in [1.29, 1.82) is 0 Å². The molecular formula is C13H8FNO2. The number of aromatic nitrogens is 1. The standard InChI is InChI=1S/C13H8FNO2/c14-11-4-2-1-3-9(11)13-10-6-5-8(16)7-12(10)17-15-13/h1-7,16H. The monoisotopic (exact) mass is 229 g/mol. The van der Waals surface area contributed by atoms with Crippen molar-refractivity contribution in [3.63, 3.8) is 0 Å². The molecule has 0 fully saturated rings. The van der Waals surface area contributed by atoms with Crippen LogP contribution in [0.1, 0.15) is 0 Å². The maximum absolute atomic E-state index is 13.6. The summed E-state index contributed by atoms with van der Waals surface area (Å²) >= 11 is 0. The number of rotatable bonds is 1. The van der Waals surface area contributed by atoms with Crippen LogP contribution in [0.4, 0.5) is 4.39 Å². The van der Waals surface area contributed by atoms with E-state index in [1.807, 2.05) is 0 Å². The van der Waals surface area contributed by atoms with Crippen molar-refractivity contribution in [1.82, 2.24) is 5.16 Å². The van der Waals surface area contributed by atoms with E-state index in [0.29, 0.717) is 22.2 Å². The average Bonchev–Trinajstić information content (AvgIpc) is 2.72. The van der Waals surface area contributed by atoms with E-state index >= 15 is 0 Å². The molecule has 1 aromatic heterocycles. The van der Waals surface area contributed by atoms with Gasteiger partial charge >= 0.3 is 0 Å². The van der Waals surface area contributed by atoms with Gasteiger partial charge in [-0.1, -0.05) is 17.3 Å². The third kappa shape index (κ3) is 1.54. The lowest BCUT2D eigenvalue weighted by molar-refractivity contribution is 0.450. The van der Waals surface area contributed by atoms with Crippen LogP contribution in [0.15, 0.2) is 47.0 Å². The Hall–Kier alpha value is -2.36. The van der Waals surface area contributed by atoms with E-state index in [-0.39, 0.29) is 11.6 Å². The number of phenolic OH excluding ortho intramolecular Hbond substituents is 1. The van der Waals surface area contributed by atoms with Crippen LogP contribution in [-0.2, 0) is 0 Å². The van der Waals surface area contributed by atoms with Crippen LogP contribution in [-0.4, -0.2) is 10.3 Å². The van der Waals surface area contributed by atoms with Gasteiger partial charge in [-0.05, 0) is 24.3 Å². The van der Waals surface area contributed by atoms with Crippen molar-refractivity contribution in [2.45, 2.75) is 0 Å². The van der Waals surface area contributed by atoms with Gasteiger partial charge in [-0.15, -0.1) is 0 Å². The molecule has 1 heterocycles. The fourth-order valence-corrected chi connectivity index (χ4v) is 1.77. The number of nitrogens with zero attached hydrogens (tertiary/aromatic N) is 1. The lowest BCUT2D eigenvalue weighted by Crippen LogP contribution is -1.83. The maximum atomic E-state index is 13.6. The van der Waals surface area contributed by atoms with Crippen LogP contribution in [0.3, 0.4) is 0 Å². The number of phenols is 1. The Bertz CT molecular complexity index is 691. The summed E-state index contributed by atoms with van der Waals surface area (Å²) in [7, 11) is 0. The lowest BCUT2D eigenvalue weighted by atomic mass is 10.1. The molecule has 0 spiro atoms. The Morgan fingerprint density at radius 2 is 1.94 bits per heavy atom. The van der Waals surface area contributed by atoms with Gasteiger partial charge in [0, 0.05) is 11.6 Å². The topological polar surface area (TPSA) is 46.3 Å². The molecule has 1 N–H and O–H groups in total. The molecule has 3 rings (SSSR count). The maximum Gasteiger partial charge on any atom is 0.171 e. The molecule has 0 saturated heterocycles. The van der Waals surface area contributed by atoms with Crippen LogP contribution in [0.5, 0.6) is 5.75 Å². The normalized spacial score (nSPS) is 10.9. The minimum Gasteiger partial charge on any atom is -0.508 e. The molecule has 84 valence electrons. The summed E-state index contributed by atoms with van der Waals surface area (Å²) in [4.78, 5) is 0. The molecular weight excluding hydrogens is 221 g/mol. The van der Waals surface area contributed by atoms with Crippen LogP contribution in [0.25, 0.3) is 22.2 Å². The van der Waals surface area contributed by atoms with E-state index < -0.39 is 0 Å². The fourth-order valence-electron chi connectivity index (χ4n) is 1.77. The predicted molar refractivity (Wildman–Crippen MR) is 61.1 cm³/mol. The zero-order valence-electron chi connectivity index (χ0n) is 8.72. The summed E-state index contributed by atoms with van der Waals surface area (Å²) in [6, 6.07) is 11.0. The Balaban J connectivity index is 2.29. The molecule has 0 unspecified atom stereocenters. The quantitative estimate of drug-likeness (QED) is 0.696. The van der Waals surface area contributed by atoms with Crippen LogP contribution < -0.4 is 0 Å². The number of hydrogen-bond donors (Lipinski definition) is 1. The molecule has 0 atom stereocenters. The summed E-state index contributed by atoms with van der Waals surface area (Å²) in [6.45, 7) is 0. The largest absolute Gasteiger partial charge is 0.508 e. The Kier molecular flexibility index (Phi) is 2.08. The average molecular weight is 229 g/mol. The van der Waals surface area contributed by atoms with Crippen molar-refractivity contribution in [3.8, 4) is 17.0 Å². The summed E-state index contributed by atoms with van der Waals surface area (Å²) in [5.74, 6) is -0.260. The van der Waals surface area contributed by atoms with E-state index in [0.717, 1.165) is 0 Å². The second-order valence-electron chi connectivity index (χ2n) is 3.69. The minimum atomic E-state index is -0.351. The van der Waals surface area contributed by atoms with Crippen molar-refractivity contribution in [2.75, 3.05) is 0 Å². The first-order valence-electron chi connectivity index (χ1n) is 5.09. The molecule has 0 radical (unpaired) electrons. The van der Waals surface area contributed by atoms with Crippen molar-refractivity contribution in [3.05, 3.63) is 48.3 Å². The molecule has 0 aliphatic heterocycles. The highest BCUT2D eigenvalue weighted by atomic mass is 19.1. The van der Waals surface area contributed by atoms with E-state index in [4.69, 9.17) is 4.52 Å². The molecule has 0 saturated carbocycles. The van der Waals surface area contributed by atoms with Gasteiger partial charge < -0.3 is 9.63 Å². The third-order valence-electron chi connectivity index (χ3n) is 2.58. The Morgan fingerprint density at radius 3 is 2.76 bits per heavy atom. The molecule has 0 aliphatic rings. The number of aromatic hydroxyl groups is 1. The van der Waals surface area contributed by atoms with Gasteiger partial charge in [0.25, 0.3) is 0 Å². The van der Waals surface area contributed by atoms with Gasteiger partial charge in [0.2, 0.25) is 0 Å². The first-order valence-corrected chi connectivity index (χ1v) is 5.09. The van der Waals surface area contributed by atoms with Gasteiger partial charge in [-0.3, -0.25) is 0 Å². The van der Waals surface area contributed by atoms with Crippen molar-refractivity contribution >= 4 is 11.0 Å². The van der Waals surface area contributed by atoms with E-state index in [1.54, 1.807) is 24.3 Å². The highest BCUT2D eigenvalue weighted by Gasteiger charge is 2.13. The fraction of sp³-hybridized carbons (Fsp3) is 0. The highest BCUT2D eigenvalue weighted by molar-refractivity contribution is 5.92. The first-order chi connectivity index (χ1) is 8.25. The third-order valence-corrected chi connectivity index (χ3v) is 2.58. The molecule has 17 heavy (non-hydrogen) atoms. The number of hydrogen-bond acceptors (Lipinski definition) is 3. The van der Waals surface area contributed by atoms with Gasteiger partial charge in [-0.2, -0.15) is 0 Å². The van der Waals surface area contributed by atoms with Gasteiger partial charge in [-0.25, -0.2) is 4.39 Å². The summed E-state index contributed by atoms with van der Waals surface area (Å²) < 4.78 is 18.7. The molecule has 3 aromatic rings. The van der Waals surface area contributed by atoms with Gasteiger partial charge in [0.15, 0.2) is 5.58 Å². The summed E-state index contributed by atoms with van der Waals surface area (Å²) in [5.41, 5.74) is 1.26. The molecule has 4 heteroatoms. The van der Waals surface area contributed by atoms with E-state index in [1.165, 1.54) is 18.2 Å². The zero-order chi connectivity index (χ0) is 11.8. The smallest absolute Gasteiger partial charge is 0.171 e. The molecule has 0 amide bonds. The van der Waals surface area contributed by atoms with Gasteiger partial charge in [0.1, 0.15) is 17.3 Å². The lowest BCUT2D eigenvalue weighted by Gasteiger charge is -1.98. The van der Waals surface area contributed by atoms with Crippen molar-refractivity contribution in [2.24, 2.45) is 0 Å². The first kappa shape index (κ1) is 9.84. The molecule has 3 nitrogen and oxygen atoms in total. The highest BCUT2D eigenvalue weighted by Crippen LogP contribution is 2.31. The van der Waals surface area contributed by atoms with Gasteiger partial charge in [0.05, 0.1) is 5.39 Å². The van der Waals surface area contributed by atoms with E-state index in [9.17, 15) is 9.50 Å². The second kappa shape index (κ2) is 3.59. The van der Waals surface area contributed by atoms with Crippen LogP contribution in [0.2, 0.25) is 0 Å². The Morgan fingerprint density at radius 1 is 1.12 bits per heavy atom. The second-order valence-corrected chi connectivity index (χ2v) is 3.69. The molecule has 2 aromatic carbocycles. The summed E-state index contributed by atoms with van der Waals surface area (Å²) in [6.07, 6.45) is 0. The van der Waals surface area contributed by atoms with Crippen molar-refractivity contribution < 1.29 is 14.0 Å². The van der Waals surface area contributed by atoms with Crippen LogP contribution >= 0.6 is 0 Å². The summed E-state index contributed by atoms with van der Waals surface area (Å²) in [5, 5.41) is 13.8. The Labute approximate surface area is 96.1 Å². The number of benzene rings is 2. The minimum absolute atomic E-state index is 0.0914.